The highest BCUT2D eigenvalue weighted by Gasteiger charge is 2.13. The zero-order valence-electron chi connectivity index (χ0n) is 9.58. The Balaban J connectivity index is 2.27. The van der Waals surface area contributed by atoms with Crippen molar-refractivity contribution in [1.82, 2.24) is 4.98 Å². The largest absolute Gasteiger partial charge is 0.320 e. The molecule has 1 aromatic heterocycles. The van der Waals surface area contributed by atoms with Crippen molar-refractivity contribution in [2.75, 3.05) is 5.32 Å². The first-order valence-electron chi connectivity index (χ1n) is 5.26. The molecule has 0 bridgehead atoms. The second kappa shape index (κ2) is 5.14. The number of anilines is 1. The van der Waals surface area contributed by atoms with E-state index in [1.165, 1.54) is 18.3 Å². The monoisotopic (exact) mass is 264 g/mol. The fourth-order valence-electron chi connectivity index (χ4n) is 1.46. The number of nitrogens with zero attached hydrogens (tertiary/aromatic N) is 1. The Labute approximate surface area is 109 Å². The predicted molar refractivity (Wildman–Crippen MR) is 68.3 cm³/mol. The average Bonchev–Trinajstić information content (AvgIpc) is 2.34. The van der Waals surface area contributed by atoms with E-state index < -0.39 is 11.7 Å². The van der Waals surface area contributed by atoms with E-state index in [-0.39, 0.29) is 5.69 Å². The van der Waals surface area contributed by atoms with Crippen LogP contribution in [0.3, 0.4) is 0 Å². The number of amides is 1. The molecular formula is C13H10ClFN2O. The average molecular weight is 265 g/mol. The van der Waals surface area contributed by atoms with E-state index in [0.29, 0.717) is 10.7 Å². The van der Waals surface area contributed by atoms with Crippen LogP contribution < -0.4 is 5.32 Å². The summed E-state index contributed by atoms with van der Waals surface area (Å²) < 4.78 is 13.4. The highest BCUT2D eigenvalue weighted by molar-refractivity contribution is 6.31. The van der Waals surface area contributed by atoms with E-state index >= 15 is 0 Å². The van der Waals surface area contributed by atoms with Crippen LogP contribution in [0.15, 0.2) is 36.5 Å². The van der Waals surface area contributed by atoms with Crippen LogP contribution in [0.2, 0.25) is 5.02 Å². The van der Waals surface area contributed by atoms with Gasteiger partial charge in [0.25, 0.3) is 5.91 Å². The Morgan fingerprint density at radius 2 is 2.17 bits per heavy atom. The molecule has 1 heterocycles. The van der Waals surface area contributed by atoms with E-state index in [4.69, 9.17) is 11.6 Å². The van der Waals surface area contributed by atoms with Crippen LogP contribution in [0.1, 0.15) is 16.1 Å². The molecule has 5 heteroatoms. The lowest BCUT2D eigenvalue weighted by atomic mass is 10.2. The summed E-state index contributed by atoms with van der Waals surface area (Å²) >= 11 is 5.84. The van der Waals surface area contributed by atoms with Crippen LogP contribution in [0.25, 0.3) is 0 Å². The SMILES string of the molecule is Cc1ccc(Cl)cc1NC(=O)c1ncccc1F. The fourth-order valence-corrected chi connectivity index (χ4v) is 1.64. The molecule has 2 rings (SSSR count). The smallest absolute Gasteiger partial charge is 0.277 e. The quantitative estimate of drug-likeness (QED) is 0.903. The summed E-state index contributed by atoms with van der Waals surface area (Å²) in [5.41, 5.74) is 1.14. The summed E-state index contributed by atoms with van der Waals surface area (Å²) in [4.78, 5) is 15.5. The Morgan fingerprint density at radius 3 is 2.89 bits per heavy atom. The fraction of sp³-hybridized carbons (Fsp3) is 0.0769. The zero-order chi connectivity index (χ0) is 13.1. The number of aromatic nitrogens is 1. The van der Waals surface area contributed by atoms with E-state index in [0.717, 1.165) is 5.56 Å². The van der Waals surface area contributed by atoms with Crippen molar-refractivity contribution < 1.29 is 9.18 Å². The minimum Gasteiger partial charge on any atom is -0.320 e. The normalized spacial score (nSPS) is 10.2. The number of carbonyl (C=O) groups excluding carboxylic acids is 1. The Kier molecular flexibility index (Phi) is 3.58. The Bertz CT molecular complexity index is 601. The Morgan fingerprint density at radius 1 is 1.39 bits per heavy atom. The zero-order valence-corrected chi connectivity index (χ0v) is 10.3. The van der Waals surface area contributed by atoms with Gasteiger partial charge in [0, 0.05) is 16.9 Å². The second-order valence-corrected chi connectivity index (χ2v) is 4.18. The van der Waals surface area contributed by atoms with Gasteiger partial charge in [-0.1, -0.05) is 17.7 Å². The number of halogens is 2. The number of carbonyl (C=O) groups is 1. The van der Waals surface area contributed by atoms with Crippen molar-refractivity contribution in [3.05, 3.63) is 58.6 Å². The highest BCUT2D eigenvalue weighted by Crippen LogP contribution is 2.20. The number of benzene rings is 1. The van der Waals surface area contributed by atoms with Gasteiger partial charge in [0.1, 0.15) is 0 Å². The summed E-state index contributed by atoms with van der Waals surface area (Å²) in [7, 11) is 0. The predicted octanol–water partition coefficient (Wildman–Crippen LogP) is 3.43. The molecular weight excluding hydrogens is 255 g/mol. The summed E-state index contributed by atoms with van der Waals surface area (Å²) in [6, 6.07) is 7.71. The molecule has 0 radical (unpaired) electrons. The van der Waals surface area contributed by atoms with E-state index in [1.807, 2.05) is 6.92 Å². The summed E-state index contributed by atoms with van der Waals surface area (Å²) in [5, 5.41) is 3.08. The number of nitrogens with one attached hydrogen (secondary N) is 1. The van der Waals surface area contributed by atoms with Crippen LogP contribution >= 0.6 is 11.6 Å². The molecule has 1 N–H and O–H groups in total. The van der Waals surface area contributed by atoms with Gasteiger partial charge in [-0.15, -0.1) is 0 Å². The molecule has 2 aromatic rings. The van der Waals surface area contributed by atoms with Crippen LogP contribution in [0.5, 0.6) is 0 Å². The molecule has 0 aliphatic carbocycles. The second-order valence-electron chi connectivity index (χ2n) is 3.75. The third-order valence-corrected chi connectivity index (χ3v) is 2.66. The molecule has 3 nitrogen and oxygen atoms in total. The summed E-state index contributed by atoms with van der Waals surface area (Å²) in [6.07, 6.45) is 1.36. The van der Waals surface area contributed by atoms with Gasteiger partial charge in [0.05, 0.1) is 0 Å². The van der Waals surface area contributed by atoms with Gasteiger partial charge in [0.2, 0.25) is 0 Å². The van der Waals surface area contributed by atoms with Gasteiger partial charge >= 0.3 is 0 Å². The number of hydrogen-bond donors (Lipinski definition) is 1. The number of aryl methyl sites for hydroxylation is 1. The van der Waals surface area contributed by atoms with Crippen molar-refractivity contribution in [3.8, 4) is 0 Å². The molecule has 1 aromatic carbocycles. The van der Waals surface area contributed by atoms with Gasteiger partial charge in [-0.25, -0.2) is 9.37 Å². The van der Waals surface area contributed by atoms with Crippen LogP contribution in [-0.4, -0.2) is 10.9 Å². The van der Waals surface area contributed by atoms with E-state index in [9.17, 15) is 9.18 Å². The maximum Gasteiger partial charge on any atom is 0.277 e. The van der Waals surface area contributed by atoms with Gasteiger partial charge in [0.15, 0.2) is 11.5 Å². The lowest BCUT2D eigenvalue weighted by Crippen LogP contribution is -2.16. The van der Waals surface area contributed by atoms with Crippen molar-refractivity contribution >= 4 is 23.2 Å². The molecule has 18 heavy (non-hydrogen) atoms. The first kappa shape index (κ1) is 12.5. The summed E-state index contributed by atoms with van der Waals surface area (Å²) in [6.45, 7) is 1.82. The van der Waals surface area contributed by atoms with Crippen LogP contribution in [0.4, 0.5) is 10.1 Å². The molecule has 0 saturated carbocycles. The van der Waals surface area contributed by atoms with Gasteiger partial charge in [-0.3, -0.25) is 4.79 Å². The molecule has 0 unspecified atom stereocenters. The lowest BCUT2D eigenvalue weighted by molar-refractivity contribution is 0.101. The third kappa shape index (κ3) is 2.65. The highest BCUT2D eigenvalue weighted by atomic mass is 35.5. The summed E-state index contributed by atoms with van der Waals surface area (Å²) in [5.74, 6) is -1.26. The molecule has 0 aliphatic rings. The lowest BCUT2D eigenvalue weighted by Gasteiger charge is -2.08. The molecule has 0 fully saturated rings. The third-order valence-electron chi connectivity index (χ3n) is 2.42. The molecule has 92 valence electrons. The molecule has 0 aliphatic heterocycles. The van der Waals surface area contributed by atoms with Gasteiger partial charge < -0.3 is 5.32 Å². The van der Waals surface area contributed by atoms with E-state index in [1.54, 1.807) is 18.2 Å². The van der Waals surface area contributed by atoms with Gasteiger partial charge in [-0.2, -0.15) is 0 Å². The topological polar surface area (TPSA) is 42.0 Å². The van der Waals surface area contributed by atoms with Gasteiger partial charge in [-0.05, 0) is 36.8 Å². The maximum atomic E-state index is 13.4. The minimum atomic E-state index is -0.658. The molecule has 0 saturated heterocycles. The van der Waals surface area contributed by atoms with E-state index in [2.05, 4.69) is 10.3 Å². The number of hydrogen-bond acceptors (Lipinski definition) is 2. The van der Waals surface area contributed by atoms with Crippen LogP contribution in [0, 0.1) is 12.7 Å². The van der Waals surface area contributed by atoms with Crippen molar-refractivity contribution in [1.29, 1.82) is 0 Å². The van der Waals surface area contributed by atoms with Crippen molar-refractivity contribution in [2.24, 2.45) is 0 Å². The first-order chi connectivity index (χ1) is 8.58. The minimum absolute atomic E-state index is 0.239. The first-order valence-corrected chi connectivity index (χ1v) is 5.64. The molecule has 1 amide bonds. The molecule has 0 atom stereocenters. The van der Waals surface area contributed by atoms with Crippen molar-refractivity contribution in [3.63, 3.8) is 0 Å². The standard InChI is InChI=1S/C13H10ClFN2O/c1-8-4-5-9(14)7-11(8)17-13(18)12-10(15)3-2-6-16-12/h2-7H,1H3,(H,17,18). The number of rotatable bonds is 2. The van der Waals surface area contributed by atoms with Crippen LogP contribution in [-0.2, 0) is 0 Å². The molecule has 0 spiro atoms. The maximum absolute atomic E-state index is 13.4. The van der Waals surface area contributed by atoms with Crippen molar-refractivity contribution in [2.45, 2.75) is 6.92 Å². The number of pyridine rings is 1. The Hall–Kier alpha value is -1.94.